The van der Waals surface area contributed by atoms with Crippen LogP contribution in [0.2, 0.25) is 0 Å². The van der Waals surface area contributed by atoms with Crippen LogP contribution in [0.4, 0.5) is 9.59 Å². The molecular weight excluding hydrogens is 502 g/mol. The zero-order chi connectivity index (χ0) is 29.5. The standard InChI is InChI=1S/C30H47NO8/c1-19(2)11-14-22-17-35-18-24(31(27(33)38-29(5,6)7)28(34)39-30(8,9)10)26(32)36-21(4)25(22)37-23-15-12-20(3)13-16-23/h12-13,15-16,19,21-22,24-25H,11,14,17-18H2,1-10H3/t21-,22-,24-,25-/m0/s1. The number of nitrogens with zero attached hydrogens (tertiary/aromatic N) is 1. The summed E-state index contributed by atoms with van der Waals surface area (Å²) in [5, 5.41) is 0. The summed E-state index contributed by atoms with van der Waals surface area (Å²) in [6.45, 7) is 18.0. The van der Waals surface area contributed by atoms with E-state index in [2.05, 4.69) is 13.8 Å². The third kappa shape index (κ3) is 10.7. The fourth-order valence-electron chi connectivity index (χ4n) is 4.10. The summed E-state index contributed by atoms with van der Waals surface area (Å²) in [6, 6.07) is 6.27. The Bertz CT molecular complexity index is 933. The highest BCUT2D eigenvalue weighted by Crippen LogP contribution is 2.28. The van der Waals surface area contributed by atoms with Gasteiger partial charge in [-0.3, -0.25) is 0 Å². The summed E-state index contributed by atoms with van der Waals surface area (Å²) in [6.07, 6.45) is -1.53. The number of benzene rings is 1. The van der Waals surface area contributed by atoms with Gasteiger partial charge in [0.05, 0.1) is 13.2 Å². The molecule has 2 amide bonds. The molecule has 0 aliphatic carbocycles. The summed E-state index contributed by atoms with van der Waals surface area (Å²) < 4.78 is 29.2. The van der Waals surface area contributed by atoms with E-state index in [-0.39, 0.29) is 19.1 Å². The number of aryl methyl sites for hydroxylation is 1. The van der Waals surface area contributed by atoms with Gasteiger partial charge in [-0.1, -0.05) is 38.0 Å². The summed E-state index contributed by atoms with van der Waals surface area (Å²) in [4.78, 5) is 40.5. The van der Waals surface area contributed by atoms with Gasteiger partial charge in [-0.2, -0.15) is 4.90 Å². The van der Waals surface area contributed by atoms with Gasteiger partial charge in [0.15, 0.2) is 6.04 Å². The normalized spacial score (nSPS) is 22.7. The van der Waals surface area contributed by atoms with Crippen molar-refractivity contribution < 1.29 is 38.1 Å². The van der Waals surface area contributed by atoms with E-state index in [1.165, 1.54) is 0 Å². The molecule has 1 aromatic rings. The van der Waals surface area contributed by atoms with E-state index in [1.807, 2.05) is 31.2 Å². The molecule has 9 heteroatoms. The summed E-state index contributed by atoms with van der Waals surface area (Å²) in [7, 11) is 0. The highest BCUT2D eigenvalue weighted by atomic mass is 16.6. The van der Waals surface area contributed by atoms with E-state index in [9.17, 15) is 14.4 Å². The monoisotopic (exact) mass is 549 g/mol. The van der Waals surface area contributed by atoms with Crippen LogP contribution in [0, 0.1) is 18.8 Å². The highest BCUT2D eigenvalue weighted by molar-refractivity contribution is 5.94. The lowest BCUT2D eigenvalue weighted by Gasteiger charge is -2.33. The van der Waals surface area contributed by atoms with Crippen LogP contribution in [-0.2, 0) is 23.7 Å². The van der Waals surface area contributed by atoms with Crippen LogP contribution in [-0.4, -0.2) is 65.7 Å². The first-order valence-electron chi connectivity index (χ1n) is 13.7. The van der Waals surface area contributed by atoms with Crippen molar-refractivity contribution in [1.29, 1.82) is 0 Å². The molecule has 0 saturated carbocycles. The lowest BCUT2D eigenvalue weighted by Crippen LogP contribution is -2.54. The zero-order valence-electron chi connectivity index (χ0n) is 25.2. The van der Waals surface area contributed by atoms with Crippen molar-refractivity contribution >= 4 is 18.2 Å². The Morgan fingerprint density at radius 3 is 2.00 bits per heavy atom. The molecule has 0 aromatic heterocycles. The maximum absolute atomic E-state index is 13.5. The largest absolute Gasteiger partial charge is 0.486 e. The fraction of sp³-hybridized carbons (Fsp3) is 0.700. The van der Waals surface area contributed by atoms with Gasteiger partial charge in [-0.05, 0) is 79.9 Å². The van der Waals surface area contributed by atoms with Crippen molar-refractivity contribution in [1.82, 2.24) is 4.90 Å². The van der Waals surface area contributed by atoms with E-state index < -0.39 is 47.6 Å². The van der Waals surface area contributed by atoms with Crippen molar-refractivity contribution in [3.63, 3.8) is 0 Å². The number of esters is 1. The maximum Gasteiger partial charge on any atom is 0.420 e. The van der Waals surface area contributed by atoms with Crippen molar-refractivity contribution in [3.05, 3.63) is 29.8 Å². The quantitative estimate of drug-likeness (QED) is 0.301. The third-order valence-corrected chi connectivity index (χ3v) is 6.01. The Balaban J connectivity index is 2.41. The van der Waals surface area contributed by atoms with E-state index >= 15 is 0 Å². The van der Waals surface area contributed by atoms with Crippen LogP contribution in [0.3, 0.4) is 0 Å². The highest BCUT2D eigenvalue weighted by Gasteiger charge is 2.44. The van der Waals surface area contributed by atoms with Crippen LogP contribution < -0.4 is 4.74 Å². The molecule has 9 nitrogen and oxygen atoms in total. The molecule has 2 rings (SSSR count). The minimum absolute atomic E-state index is 0.105. The number of hydrogen-bond acceptors (Lipinski definition) is 8. The second-order valence-electron chi connectivity index (χ2n) is 12.7. The summed E-state index contributed by atoms with van der Waals surface area (Å²) in [5.74, 6) is 0.203. The number of carbonyl (C=O) groups is 3. The zero-order valence-corrected chi connectivity index (χ0v) is 25.2. The molecule has 1 aromatic carbocycles. The molecule has 4 atom stereocenters. The number of imide groups is 1. The Labute approximate surface area is 233 Å². The summed E-state index contributed by atoms with van der Waals surface area (Å²) in [5.41, 5.74) is -0.728. The lowest BCUT2D eigenvalue weighted by atomic mass is 9.91. The van der Waals surface area contributed by atoms with Crippen LogP contribution in [0.5, 0.6) is 5.75 Å². The van der Waals surface area contributed by atoms with Gasteiger partial charge in [0.2, 0.25) is 0 Å². The first-order valence-corrected chi connectivity index (χ1v) is 13.7. The SMILES string of the molecule is Cc1ccc(O[C@@H]2[C@@H](CCC(C)C)COC[C@H](N(C(=O)OC(C)(C)C)C(=O)OC(C)(C)C)C(=O)O[C@H]2C)cc1. The second-order valence-corrected chi connectivity index (χ2v) is 12.7. The van der Waals surface area contributed by atoms with Crippen molar-refractivity contribution in [3.8, 4) is 5.75 Å². The van der Waals surface area contributed by atoms with Gasteiger partial charge in [0, 0.05) is 5.92 Å². The van der Waals surface area contributed by atoms with Gasteiger partial charge in [0.25, 0.3) is 0 Å². The Morgan fingerprint density at radius 2 is 1.51 bits per heavy atom. The van der Waals surface area contributed by atoms with Gasteiger partial charge in [-0.25, -0.2) is 14.4 Å². The van der Waals surface area contributed by atoms with E-state index in [0.717, 1.165) is 18.4 Å². The number of rotatable bonds is 6. The van der Waals surface area contributed by atoms with E-state index in [0.29, 0.717) is 16.6 Å². The molecular formula is C30H47NO8. The molecule has 220 valence electrons. The smallest absolute Gasteiger partial charge is 0.420 e. The van der Waals surface area contributed by atoms with Gasteiger partial charge >= 0.3 is 18.2 Å². The topological polar surface area (TPSA) is 101 Å². The predicted molar refractivity (Wildman–Crippen MR) is 148 cm³/mol. The number of hydrogen-bond donors (Lipinski definition) is 0. The van der Waals surface area contributed by atoms with Gasteiger partial charge in [-0.15, -0.1) is 0 Å². The molecule has 1 aliphatic rings. The second kappa shape index (κ2) is 13.5. The number of ether oxygens (including phenoxy) is 5. The fourth-order valence-corrected chi connectivity index (χ4v) is 4.10. The molecule has 0 unspecified atom stereocenters. The minimum atomic E-state index is -1.40. The molecule has 0 spiro atoms. The van der Waals surface area contributed by atoms with Crippen LogP contribution in [0.15, 0.2) is 24.3 Å². The van der Waals surface area contributed by atoms with E-state index in [1.54, 1.807) is 48.5 Å². The van der Waals surface area contributed by atoms with Crippen molar-refractivity contribution in [2.75, 3.05) is 13.2 Å². The molecule has 0 bridgehead atoms. The van der Waals surface area contributed by atoms with Crippen LogP contribution >= 0.6 is 0 Å². The number of cyclic esters (lactones) is 1. The molecule has 39 heavy (non-hydrogen) atoms. The molecule has 1 heterocycles. The molecule has 1 fully saturated rings. The van der Waals surface area contributed by atoms with Crippen LogP contribution in [0.1, 0.15) is 80.7 Å². The lowest BCUT2D eigenvalue weighted by molar-refractivity contribution is -0.159. The molecule has 1 aliphatic heterocycles. The molecule has 1 saturated heterocycles. The maximum atomic E-state index is 13.5. The van der Waals surface area contributed by atoms with Crippen LogP contribution in [0.25, 0.3) is 0 Å². The van der Waals surface area contributed by atoms with Gasteiger partial charge < -0.3 is 23.7 Å². The van der Waals surface area contributed by atoms with Crippen molar-refractivity contribution in [2.45, 2.75) is 112 Å². The third-order valence-electron chi connectivity index (χ3n) is 6.01. The molecule has 0 N–H and O–H groups in total. The summed E-state index contributed by atoms with van der Waals surface area (Å²) >= 11 is 0. The first-order chi connectivity index (χ1) is 18.0. The first kappa shape index (κ1) is 32.4. The van der Waals surface area contributed by atoms with Crippen molar-refractivity contribution in [2.24, 2.45) is 11.8 Å². The predicted octanol–water partition coefficient (Wildman–Crippen LogP) is 6.30. The minimum Gasteiger partial charge on any atom is -0.486 e. The number of carbonyl (C=O) groups excluding carboxylic acids is 3. The number of amides is 2. The molecule has 0 radical (unpaired) electrons. The Kier molecular flexibility index (Phi) is 11.2. The average Bonchev–Trinajstić information content (AvgIpc) is 2.82. The van der Waals surface area contributed by atoms with E-state index in [4.69, 9.17) is 23.7 Å². The Hall–Kier alpha value is -2.81. The average molecular weight is 550 g/mol. The van der Waals surface area contributed by atoms with Gasteiger partial charge in [0.1, 0.15) is 29.2 Å². The Morgan fingerprint density at radius 1 is 0.974 bits per heavy atom.